The van der Waals surface area contributed by atoms with Crippen LogP contribution in [0.3, 0.4) is 0 Å². The molecule has 3 amide bonds. The minimum atomic E-state index is -0.908. The van der Waals surface area contributed by atoms with Crippen LogP contribution in [0.4, 0.5) is 4.79 Å². The Balaban J connectivity index is 1.73. The first kappa shape index (κ1) is 21.5. The lowest BCUT2D eigenvalue weighted by Gasteiger charge is -2.44. The quantitative estimate of drug-likeness (QED) is 0.585. The number of carbonyl (C=O) groups is 2. The Kier molecular flexibility index (Phi) is 5.16. The van der Waals surface area contributed by atoms with Crippen molar-refractivity contribution in [3.8, 4) is 5.75 Å². The number of imide groups is 1. The van der Waals surface area contributed by atoms with Gasteiger partial charge in [0.15, 0.2) is 0 Å². The van der Waals surface area contributed by atoms with E-state index in [0.29, 0.717) is 25.9 Å². The fraction of sp³-hybridized carbons (Fsp3) is 0.385. The number of benzene rings is 2. The molecule has 1 N–H and O–H groups in total. The zero-order valence-electron chi connectivity index (χ0n) is 19.6. The van der Waals surface area contributed by atoms with Crippen LogP contribution < -0.4 is 4.74 Å². The number of carbonyl (C=O) groups excluding carboxylic acids is 2. The molecule has 7 heteroatoms. The van der Waals surface area contributed by atoms with Crippen LogP contribution in [0.2, 0.25) is 0 Å². The van der Waals surface area contributed by atoms with Crippen LogP contribution in [0.5, 0.6) is 5.75 Å². The van der Waals surface area contributed by atoms with E-state index in [-0.39, 0.29) is 18.0 Å². The second kappa shape index (κ2) is 7.92. The highest BCUT2D eigenvalue weighted by molar-refractivity contribution is 6.08. The molecule has 2 aliphatic rings. The van der Waals surface area contributed by atoms with Gasteiger partial charge in [-0.3, -0.25) is 14.6 Å². The van der Waals surface area contributed by atoms with Gasteiger partial charge < -0.3 is 14.6 Å². The number of ether oxygens (including phenoxy) is 1. The number of amides is 3. The normalized spacial score (nSPS) is 22.3. The van der Waals surface area contributed by atoms with E-state index in [2.05, 4.69) is 4.98 Å². The smallest absolute Gasteiger partial charge is 0.328 e. The van der Waals surface area contributed by atoms with E-state index in [4.69, 9.17) is 4.74 Å². The molecule has 5 rings (SSSR count). The molecule has 3 aromatic rings. The van der Waals surface area contributed by atoms with E-state index >= 15 is 0 Å². The molecule has 0 radical (unpaired) electrons. The average molecular weight is 447 g/mol. The van der Waals surface area contributed by atoms with Crippen LogP contribution in [0.25, 0.3) is 10.9 Å². The van der Waals surface area contributed by atoms with Gasteiger partial charge in [0, 0.05) is 36.1 Å². The monoisotopic (exact) mass is 446 g/mol. The van der Waals surface area contributed by atoms with Crippen molar-refractivity contribution in [1.29, 1.82) is 0 Å². The molecule has 0 aliphatic carbocycles. The number of H-pyrrole nitrogens is 1. The predicted molar refractivity (Wildman–Crippen MR) is 127 cm³/mol. The number of fused-ring (bicyclic) bond motifs is 4. The molecule has 172 valence electrons. The lowest BCUT2D eigenvalue weighted by molar-refractivity contribution is -0.134. The third-order valence-corrected chi connectivity index (χ3v) is 7.16. The summed E-state index contributed by atoms with van der Waals surface area (Å²) in [6.07, 6.45) is 1.04. The Morgan fingerprint density at radius 3 is 2.58 bits per heavy atom. The SMILES string of the molecule is CCC12Cc3c([nH]c4ccc(OC)cc34)C(c3ccccc3)N1C(=O)N(CCN(C)C)C2=O. The van der Waals surface area contributed by atoms with E-state index in [1.54, 1.807) is 7.11 Å². The molecular weight excluding hydrogens is 416 g/mol. The zero-order chi connectivity index (χ0) is 23.3. The molecule has 0 saturated carbocycles. The van der Waals surface area contributed by atoms with Gasteiger partial charge in [-0.25, -0.2) is 4.79 Å². The number of hydrogen-bond donors (Lipinski definition) is 1. The van der Waals surface area contributed by atoms with Gasteiger partial charge in [0.1, 0.15) is 17.3 Å². The standard InChI is InChI=1S/C26H30N4O3/c1-5-26-16-20-19-15-18(33-4)11-12-21(19)27-22(20)23(17-9-7-6-8-10-17)30(26)25(32)29(24(26)31)14-13-28(2)3/h6-12,15,23,27H,5,13-14,16H2,1-4H3. The highest BCUT2D eigenvalue weighted by Gasteiger charge is 2.61. The van der Waals surface area contributed by atoms with Gasteiger partial charge in [-0.1, -0.05) is 37.3 Å². The largest absolute Gasteiger partial charge is 0.497 e. The molecule has 3 heterocycles. The highest BCUT2D eigenvalue weighted by Crippen LogP contribution is 2.50. The Hall–Kier alpha value is -3.32. The predicted octanol–water partition coefficient (Wildman–Crippen LogP) is 3.80. The molecule has 33 heavy (non-hydrogen) atoms. The molecule has 2 aliphatic heterocycles. The van der Waals surface area contributed by atoms with Crippen LogP contribution in [-0.2, 0) is 11.2 Å². The Bertz CT molecular complexity index is 1220. The van der Waals surface area contributed by atoms with Crippen molar-refractivity contribution >= 4 is 22.8 Å². The molecule has 2 aromatic carbocycles. The third-order valence-electron chi connectivity index (χ3n) is 7.16. The second-order valence-corrected chi connectivity index (χ2v) is 9.22. The van der Waals surface area contributed by atoms with Crippen molar-refractivity contribution in [3.05, 3.63) is 65.4 Å². The number of aromatic nitrogens is 1. The van der Waals surface area contributed by atoms with Crippen molar-refractivity contribution in [3.63, 3.8) is 0 Å². The van der Waals surface area contributed by atoms with Crippen LogP contribution in [0, 0.1) is 0 Å². The Morgan fingerprint density at radius 2 is 1.91 bits per heavy atom. The summed E-state index contributed by atoms with van der Waals surface area (Å²) in [6.45, 7) is 3.02. The van der Waals surface area contributed by atoms with E-state index in [0.717, 1.165) is 33.5 Å². The first-order valence-electron chi connectivity index (χ1n) is 11.4. The van der Waals surface area contributed by atoms with Crippen molar-refractivity contribution in [2.24, 2.45) is 0 Å². The molecule has 0 bridgehead atoms. The van der Waals surface area contributed by atoms with Gasteiger partial charge in [-0.05, 0) is 49.8 Å². The first-order chi connectivity index (χ1) is 15.9. The minimum Gasteiger partial charge on any atom is -0.497 e. The number of nitrogens with one attached hydrogen (secondary N) is 1. The molecule has 2 atom stereocenters. The molecule has 1 saturated heterocycles. The fourth-order valence-electron chi connectivity index (χ4n) is 5.39. The van der Waals surface area contributed by atoms with Crippen molar-refractivity contribution in [2.45, 2.75) is 31.3 Å². The summed E-state index contributed by atoms with van der Waals surface area (Å²) < 4.78 is 5.48. The molecule has 0 spiro atoms. The van der Waals surface area contributed by atoms with Crippen molar-refractivity contribution in [2.75, 3.05) is 34.3 Å². The number of aromatic amines is 1. The van der Waals surface area contributed by atoms with Gasteiger partial charge in [-0.2, -0.15) is 0 Å². The second-order valence-electron chi connectivity index (χ2n) is 9.22. The maximum absolute atomic E-state index is 13.9. The van der Waals surface area contributed by atoms with Gasteiger partial charge in [0.2, 0.25) is 0 Å². The number of urea groups is 1. The number of nitrogens with zero attached hydrogens (tertiary/aromatic N) is 3. The highest BCUT2D eigenvalue weighted by atomic mass is 16.5. The average Bonchev–Trinajstić information content (AvgIpc) is 3.29. The molecule has 7 nitrogen and oxygen atoms in total. The third kappa shape index (κ3) is 3.14. The topological polar surface area (TPSA) is 68.9 Å². The minimum absolute atomic E-state index is 0.0966. The van der Waals surface area contributed by atoms with Gasteiger partial charge >= 0.3 is 6.03 Å². The van der Waals surface area contributed by atoms with E-state index in [1.807, 2.05) is 79.3 Å². The van der Waals surface area contributed by atoms with Crippen molar-refractivity contribution in [1.82, 2.24) is 19.7 Å². The number of methoxy groups -OCH3 is 1. The summed E-state index contributed by atoms with van der Waals surface area (Å²) >= 11 is 0. The molecular formula is C26H30N4O3. The summed E-state index contributed by atoms with van der Waals surface area (Å²) in [4.78, 5) is 36.6. The number of likely N-dealkylation sites (N-methyl/N-ethyl adjacent to an activating group) is 1. The van der Waals surface area contributed by atoms with Gasteiger partial charge in [-0.15, -0.1) is 0 Å². The van der Waals surface area contributed by atoms with Crippen molar-refractivity contribution < 1.29 is 14.3 Å². The summed E-state index contributed by atoms with van der Waals surface area (Å²) in [7, 11) is 5.56. The van der Waals surface area contributed by atoms with Crippen LogP contribution in [0.1, 0.15) is 36.2 Å². The summed E-state index contributed by atoms with van der Waals surface area (Å²) in [5.74, 6) is 0.677. The maximum Gasteiger partial charge on any atom is 0.328 e. The molecule has 2 unspecified atom stereocenters. The summed E-state index contributed by atoms with van der Waals surface area (Å²) in [5.41, 5.74) is 3.13. The lowest BCUT2D eigenvalue weighted by Crippen LogP contribution is -2.55. The molecule has 1 fully saturated rings. The number of hydrogen-bond acceptors (Lipinski definition) is 4. The lowest BCUT2D eigenvalue weighted by atomic mass is 9.78. The van der Waals surface area contributed by atoms with Crippen LogP contribution in [0.15, 0.2) is 48.5 Å². The fourth-order valence-corrected chi connectivity index (χ4v) is 5.39. The van der Waals surface area contributed by atoms with Crippen LogP contribution in [-0.4, -0.2) is 71.5 Å². The van der Waals surface area contributed by atoms with E-state index < -0.39 is 5.54 Å². The molecule has 1 aromatic heterocycles. The first-order valence-corrected chi connectivity index (χ1v) is 11.4. The number of rotatable bonds is 6. The maximum atomic E-state index is 13.9. The summed E-state index contributed by atoms with van der Waals surface area (Å²) in [5, 5.41) is 1.05. The van der Waals surface area contributed by atoms with Gasteiger partial charge in [0.25, 0.3) is 5.91 Å². The Labute approximate surface area is 193 Å². The summed E-state index contributed by atoms with van der Waals surface area (Å²) in [6, 6.07) is 15.4. The zero-order valence-corrected chi connectivity index (χ0v) is 19.6. The van der Waals surface area contributed by atoms with Crippen LogP contribution >= 0.6 is 0 Å². The van der Waals surface area contributed by atoms with Gasteiger partial charge in [0.05, 0.1) is 7.11 Å². The van der Waals surface area contributed by atoms with E-state index in [1.165, 1.54) is 4.90 Å². The Morgan fingerprint density at radius 1 is 1.15 bits per heavy atom. The van der Waals surface area contributed by atoms with E-state index in [9.17, 15) is 9.59 Å².